The van der Waals surface area contributed by atoms with Crippen molar-refractivity contribution in [3.63, 3.8) is 0 Å². The van der Waals surface area contributed by atoms with Crippen molar-refractivity contribution < 1.29 is 19.1 Å². The first kappa shape index (κ1) is 22.2. The smallest absolute Gasteiger partial charge is 0.338 e. The van der Waals surface area contributed by atoms with Crippen LogP contribution in [-0.4, -0.2) is 40.2 Å². The molecule has 10 heteroatoms. The topological polar surface area (TPSA) is 126 Å². The summed E-state index contributed by atoms with van der Waals surface area (Å²) in [5.41, 5.74) is 7.23. The molecule has 1 aliphatic rings. The molecular formula is C23H20N4O5S. The highest BCUT2D eigenvalue weighted by atomic mass is 32.1. The minimum absolute atomic E-state index is 0.0334. The van der Waals surface area contributed by atoms with Crippen LogP contribution in [0.15, 0.2) is 59.4 Å². The Hall–Kier alpha value is -4.05. The Balaban J connectivity index is 2.13. The molecule has 33 heavy (non-hydrogen) atoms. The first-order valence-electron chi connectivity index (χ1n) is 10.0. The molecule has 0 aliphatic carbocycles. The molecule has 1 atom stereocenters. The van der Waals surface area contributed by atoms with Crippen LogP contribution in [0.5, 0.6) is 0 Å². The van der Waals surface area contributed by atoms with Gasteiger partial charge in [0.15, 0.2) is 0 Å². The van der Waals surface area contributed by atoms with Crippen LogP contribution in [0.2, 0.25) is 0 Å². The number of carbonyl (C=O) groups is 2. The minimum Gasteiger partial charge on any atom is -0.466 e. The number of carbonyl (C=O) groups excluding carboxylic acids is 2. The van der Waals surface area contributed by atoms with Crippen LogP contribution in [-0.2, 0) is 19.1 Å². The summed E-state index contributed by atoms with van der Waals surface area (Å²) in [4.78, 5) is 47.5. The highest BCUT2D eigenvalue weighted by molar-refractivity contribution is 7.07. The Morgan fingerprint density at radius 1 is 1.15 bits per heavy atom. The highest BCUT2D eigenvalue weighted by Gasteiger charge is 2.39. The largest absolute Gasteiger partial charge is 0.466 e. The lowest BCUT2D eigenvalue weighted by molar-refractivity contribution is -0.136. The third-order valence-electron chi connectivity index (χ3n) is 5.05. The van der Waals surface area contributed by atoms with Gasteiger partial charge in [-0.25, -0.2) is 9.59 Å². The Bertz CT molecular complexity index is 1420. The zero-order valence-corrected chi connectivity index (χ0v) is 18.7. The van der Waals surface area contributed by atoms with Crippen molar-refractivity contribution >= 4 is 40.7 Å². The van der Waals surface area contributed by atoms with E-state index in [0.717, 1.165) is 15.9 Å². The molecule has 168 valence electrons. The standard InChI is InChI=1S/C23H20N4O5S/c1-3-32-23(30)18-16(14-7-5-9-26-12-14)17(22(29)31-2)19(24)27-20(28)15(33-21(18)27)10-13-6-4-8-25-11-13/h4-12,16H,3,24H2,1-2H3/b15-10-/t16-/m1/s1. The third-order valence-corrected chi connectivity index (χ3v) is 6.16. The molecule has 0 bridgehead atoms. The predicted molar refractivity (Wildman–Crippen MR) is 122 cm³/mol. The van der Waals surface area contributed by atoms with Crippen LogP contribution in [0.25, 0.3) is 17.5 Å². The number of esters is 2. The Labute approximate surface area is 192 Å². The number of hydrogen-bond donors (Lipinski definition) is 1. The lowest BCUT2D eigenvalue weighted by atomic mass is 9.84. The summed E-state index contributed by atoms with van der Waals surface area (Å²) in [6.45, 7) is 1.79. The summed E-state index contributed by atoms with van der Waals surface area (Å²) in [5, 5.41) is 0. The number of nitrogens with two attached hydrogens (primary N) is 1. The maximum atomic E-state index is 13.3. The number of methoxy groups -OCH3 is 1. The normalized spacial score (nSPS) is 15.9. The molecule has 0 radical (unpaired) electrons. The van der Waals surface area contributed by atoms with E-state index in [-0.39, 0.29) is 28.2 Å². The SMILES string of the molecule is CCOC(=O)C1=c2s/c(=C\c3cccnc3)c(=O)n2C(N)=C(C(=O)OC)[C@H]1c1cccnc1. The molecular weight excluding hydrogens is 444 g/mol. The molecule has 0 aromatic carbocycles. The van der Waals surface area contributed by atoms with E-state index in [1.54, 1.807) is 55.9 Å². The highest BCUT2D eigenvalue weighted by Crippen LogP contribution is 2.37. The summed E-state index contributed by atoms with van der Waals surface area (Å²) >= 11 is 1.09. The van der Waals surface area contributed by atoms with Gasteiger partial charge in [0, 0.05) is 24.8 Å². The maximum Gasteiger partial charge on any atom is 0.338 e. The van der Waals surface area contributed by atoms with E-state index in [4.69, 9.17) is 15.2 Å². The van der Waals surface area contributed by atoms with Gasteiger partial charge in [0.25, 0.3) is 5.56 Å². The second kappa shape index (κ2) is 9.21. The second-order valence-corrected chi connectivity index (χ2v) is 8.02. The number of ether oxygens (including phenoxy) is 2. The zero-order valence-electron chi connectivity index (χ0n) is 17.8. The number of fused-ring (bicyclic) bond motifs is 1. The number of thiazole rings is 1. The van der Waals surface area contributed by atoms with Crippen molar-refractivity contribution in [2.75, 3.05) is 13.7 Å². The number of hydrogen-bond acceptors (Lipinski definition) is 9. The van der Waals surface area contributed by atoms with Crippen LogP contribution in [0.3, 0.4) is 0 Å². The summed E-state index contributed by atoms with van der Waals surface area (Å²) in [6.07, 6.45) is 7.99. The third kappa shape index (κ3) is 3.96. The number of rotatable bonds is 5. The Morgan fingerprint density at radius 3 is 2.48 bits per heavy atom. The van der Waals surface area contributed by atoms with E-state index < -0.39 is 23.4 Å². The maximum absolute atomic E-state index is 13.3. The quantitative estimate of drug-likeness (QED) is 0.536. The molecule has 0 saturated heterocycles. The Morgan fingerprint density at radius 2 is 1.88 bits per heavy atom. The fourth-order valence-corrected chi connectivity index (χ4v) is 4.82. The van der Waals surface area contributed by atoms with Crippen molar-refractivity contribution in [1.29, 1.82) is 0 Å². The molecule has 4 rings (SSSR count). The number of nitrogens with zero attached hydrogens (tertiary/aromatic N) is 3. The van der Waals surface area contributed by atoms with E-state index in [1.165, 1.54) is 13.3 Å². The minimum atomic E-state index is -0.922. The molecule has 0 amide bonds. The summed E-state index contributed by atoms with van der Waals surface area (Å²) in [6, 6.07) is 6.94. The Kier molecular flexibility index (Phi) is 6.18. The van der Waals surface area contributed by atoms with Crippen LogP contribution in [0.4, 0.5) is 0 Å². The first-order valence-corrected chi connectivity index (χ1v) is 10.8. The number of pyridine rings is 2. The molecule has 0 fully saturated rings. The van der Waals surface area contributed by atoms with Gasteiger partial charge >= 0.3 is 11.9 Å². The van der Waals surface area contributed by atoms with Crippen molar-refractivity contribution in [2.45, 2.75) is 12.8 Å². The molecule has 9 nitrogen and oxygen atoms in total. The molecule has 0 saturated carbocycles. The monoisotopic (exact) mass is 464 g/mol. The molecule has 4 heterocycles. The van der Waals surface area contributed by atoms with Crippen molar-refractivity contribution in [3.8, 4) is 0 Å². The van der Waals surface area contributed by atoms with Crippen LogP contribution in [0, 0.1) is 0 Å². The van der Waals surface area contributed by atoms with Gasteiger partial charge < -0.3 is 15.2 Å². The van der Waals surface area contributed by atoms with Crippen molar-refractivity contribution in [3.05, 3.63) is 85.3 Å². The second-order valence-electron chi connectivity index (χ2n) is 6.99. The van der Waals surface area contributed by atoms with Gasteiger partial charge in [-0.2, -0.15) is 0 Å². The van der Waals surface area contributed by atoms with Crippen LogP contribution >= 0.6 is 11.3 Å². The lowest BCUT2D eigenvalue weighted by Gasteiger charge is -2.26. The van der Waals surface area contributed by atoms with Crippen LogP contribution < -0.4 is 20.5 Å². The van der Waals surface area contributed by atoms with E-state index in [9.17, 15) is 14.4 Å². The van der Waals surface area contributed by atoms with E-state index in [1.807, 2.05) is 0 Å². The first-order chi connectivity index (χ1) is 16.0. The lowest BCUT2D eigenvalue weighted by Crippen LogP contribution is -2.41. The van der Waals surface area contributed by atoms with Gasteiger partial charge in [-0.3, -0.25) is 19.3 Å². The molecule has 0 unspecified atom stereocenters. The summed E-state index contributed by atoms with van der Waals surface area (Å²) < 4.78 is 12.0. The van der Waals surface area contributed by atoms with Gasteiger partial charge in [-0.1, -0.05) is 12.1 Å². The summed E-state index contributed by atoms with van der Waals surface area (Å²) in [7, 11) is 1.21. The van der Waals surface area contributed by atoms with Gasteiger partial charge in [-0.15, -0.1) is 11.3 Å². The van der Waals surface area contributed by atoms with E-state index in [2.05, 4.69) is 9.97 Å². The van der Waals surface area contributed by atoms with Gasteiger partial charge in [-0.05, 0) is 36.3 Å². The molecule has 3 aromatic heterocycles. The zero-order chi connectivity index (χ0) is 23.5. The van der Waals surface area contributed by atoms with E-state index in [0.29, 0.717) is 15.7 Å². The molecule has 0 spiro atoms. The summed E-state index contributed by atoms with van der Waals surface area (Å²) in [5.74, 6) is -2.45. The molecule has 3 aromatic rings. The van der Waals surface area contributed by atoms with Crippen molar-refractivity contribution in [1.82, 2.24) is 14.5 Å². The van der Waals surface area contributed by atoms with E-state index >= 15 is 0 Å². The molecule has 1 aliphatic heterocycles. The fourth-order valence-electron chi connectivity index (χ4n) is 3.66. The fraction of sp³-hybridized carbons (Fsp3) is 0.174. The predicted octanol–water partition coefficient (Wildman–Crippen LogP) is 0.340. The van der Waals surface area contributed by atoms with Gasteiger partial charge in [0.2, 0.25) is 0 Å². The average Bonchev–Trinajstić information content (AvgIpc) is 3.15. The number of aromatic nitrogens is 3. The van der Waals surface area contributed by atoms with Crippen LogP contribution in [0.1, 0.15) is 24.0 Å². The molecule has 2 N–H and O–H groups in total. The van der Waals surface area contributed by atoms with Crippen molar-refractivity contribution in [2.24, 2.45) is 5.73 Å². The average molecular weight is 465 g/mol. The van der Waals surface area contributed by atoms with Gasteiger partial charge in [0.1, 0.15) is 10.5 Å². The van der Waals surface area contributed by atoms with Gasteiger partial charge in [0.05, 0.1) is 35.3 Å².